The molecule has 1 aliphatic heterocycles. The fourth-order valence-electron chi connectivity index (χ4n) is 3.78. The topological polar surface area (TPSA) is 97.1 Å². The first-order valence-corrected chi connectivity index (χ1v) is 10.6. The van der Waals surface area contributed by atoms with Crippen LogP contribution in [0.4, 0.5) is 5.69 Å². The molecule has 4 rings (SSSR count). The zero-order chi connectivity index (χ0) is 23.2. The number of benzene rings is 1. The molecule has 1 aliphatic rings. The van der Waals surface area contributed by atoms with Crippen LogP contribution in [0.1, 0.15) is 26.5 Å². The number of nitrogens with one attached hydrogen (secondary N) is 1. The van der Waals surface area contributed by atoms with E-state index in [9.17, 15) is 9.59 Å². The Kier molecular flexibility index (Phi) is 6.89. The van der Waals surface area contributed by atoms with E-state index in [1.165, 1.54) is 26.0 Å². The van der Waals surface area contributed by atoms with Crippen LogP contribution >= 0.6 is 0 Å². The molecule has 1 aromatic carbocycles. The van der Waals surface area contributed by atoms with Crippen LogP contribution in [0.5, 0.6) is 11.5 Å². The molecule has 172 valence electrons. The molecule has 0 atom stereocenters. The summed E-state index contributed by atoms with van der Waals surface area (Å²) in [6.07, 6.45) is 4.98. The lowest BCUT2D eigenvalue weighted by Crippen LogP contribution is -2.48. The number of carbonyl (C=O) groups excluding carboxylic acids is 2. The van der Waals surface area contributed by atoms with Gasteiger partial charge in [-0.2, -0.15) is 0 Å². The Hall–Kier alpha value is -3.85. The molecule has 9 nitrogen and oxygen atoms in total. The maximum Gasteiger partial charge on any atom is 0.291 e. The number of piperazine rings is 1. The van der Waals surface area contributed by atoms with Gasteiger partial charge in [-0.15, -0.1) is 0 Å². The molecule has 2 amide bonds. The Morgan fingerprint density at radius 1 is 1.03 bits per heavy atom. The summed E-state index contributed by atoms with van der Waals surface area (Å²) in [5.74, 6) is 0.324. The minimum atomic E-state index is -0.455. The van der Waals surface area contributed by atoms with E-state index < -0.39 is 5.91 Å². The fraction of sp³-hybridized carbons (Fsp3) is 0.292. The highest BCUT2D eigenvalue weighted by atomic mass is 16.5. The van der Waals surface area contributed by atoms with Gasteiger partial charge in [0, 0.05) is 51.2 Å². The summed E-state index contributed by atoms with van der Waals surface area (Å²) < 4.78 is 15.9. The van der Waals surface area contributed by atoms with E-state index in [1.807, 2.05) is 12.1 Å². The SMILES string of the molecule is COc1cc(NC(=O)c2ccco2)c(C(=O)N2CCN(Cc3ccncc3)CC2)cc1OC. The minimum Gasteiger partial charge on any atom is -0.493 e. The second kappa shape index (κ2) is 10.2. The van der Waals surface area contributed by atoms with Gasteiger partial charge >= 0.3 is 0 Å². The third-order valence-electron chi connectivity index (χ3n) is 5.56. The first kappa shape index (κ1) is 22.3. The summed E-state index contributed by atoms with van der Waals surface area (Å²) in [5, 5.41) is 2.77. The molecule has 0 radical (unpaired) electrons. The van der Waals surface area contributed by atoms with Crippen molar-refractivity contribution in [3.63, 3.8) is 0 Å². The average Bonchev–Trinajstić information content (AvgIpc) is 3.40. The maximum atomic E-state index is 13.4. The molecule has 1 N–H and O–H groups in total. The van der Waals surface area contributed by atoms with Gasteiger partial charge in [-0.05, 0) is 35.9 Å². The third kappa shape index (κ3) is 5.15. The van der Waals surface area contributed by atoms with Gasteiger partial charge in [0.2, 0.25) is 0 Å². The van der Waals surface area contributed by atoms with Gasteiger partial charge in [0.1, 0.15) is 0 Å². The number of pyridine rings is 1. The molecular weight excluding hydrogens is 424 g/mol. The predicted molar refractivity (Wildman–Crippen MR) is 122 cm³/mol. The molecule has 0 aliphatic carbocycles. The van der Waals surface area contributed by atoms with Gasteiger partial charge in [0.25, 0.3) is 11.8 Å². The molecule has 3 heterocycles. The molecule has 0 unspecified atom stereocenters. The van der Waals surface area contributed by atoms with Crippen molar-refractivity contribution in [2.75, 3.05) is 45.7 Å². The Morgan fingerprint density at radius 2 is 1.73 bits per heavy atom. The van der Waals surface area contributed by atoms with Crippen LogP contribution in [0.3, 0.4) is 0 Å². The van der Waals surface area contributed by atoms with Crippen molar-refractivity contribution in [2.24, 2.45) is 0 Å². The summed E-state index contributed by atoms with van der Waals surface area (Å²) in [6.45, 7) is 3.45. The number of hydrogen-bond donors (Lipinski definition) is 1. The van der Waals surface area contributed by atoms with Crippen LogP contribution in [-0.2, 0) is 6.54 Å². The molecule has 2 aromatic heterocycles. The van der Waals surface area contributed by atoms with Crippen LogP contribution in [0.15, 0.2) is 59.5 Å². The fourth-order valence-corrected chi connectivity index (χ4v) is 3.78. The molecule has 1 fully saturated rings. The summed E-state index contributed by atoms with van der Waals surface area (Å²) in [4.78, 5) is 34.2. The highest BCUT2D eigenvalue weighted by molar-refractivity contribution is 6.08. The zero-order valence-electron chi connectivity index (χ0n) is 18.6. The van der Waals surface area contributed by atoms with Crippen LogP contribution in [0.2, 0.25) is 0 Å². The number of rotatable bonds is 7. The number of carbonyl (C=O) groups is 2. The lowest BCUT2D eigenvalue weighted by molar-refractivity contribution is 0.0629. The summed E-state index contributed by atoms with van der Waals surface area (Å²) in [7, 11) is 3.00. The Balaban J connectivity index is 1.51. The van der Waals surface area contributed by atoms with Gasteiger partial charge in [-0.1, -0.05) is 0 Å². The van der Waals surface area contributed by atoms with E-state index in [4.69, 9.17) is 13.9 Å². The molecule has 9 heteroatoms. The van der Waals surface area contributed by atoms with Gasteiger partial charge in [0.05, 0.1) is 31.7 Å². The van der Waals surface area contributed by atoms with Gasteiger partial charge in [0.15, 0.2) is 17.3 Å². The number of nitrogens with zero attached hydrogens (tertiary/aromatic N) is 3. The number of furan rings is 1. The predicted octanol–water partition coefficient (Wildman–Crippen LogP) is 2.90. The summed E-state index contributed by atoms with van der Waals surface area (Å²) in [6, 6.07) is 10.4. The number of methoxy groups -OCH3 is 2. The summed E-state index contributed by atoms with van der Waals surface area (Å²) >= 11 is 0. The lowest BCUT2D eigenvalue weighted by atomic mass is 10.1. The second-order valence-corrected chi connectivity index (χ2v) is 7.61. The van der Waals surface area contributed by atoms with Crippen LogP contribution in [0.25, 0.3) is 0 Å². The van der Waals surface area contributed by atoms with Crippen molar-refractivity contribution in [3.05, 3.63) is 71.9 Å². The molecule has 0 spiro atoms. The van der Waals surface area contributed by atoms with Gasteiger partial charge in [-0.3, -0.25) is 19.5 Å². The smallest absolute Gasteiger partial charge is 0.291 e. The number of amides is 2. The third-order valence-corrected chi connectivity index (χ3v) is 5.56. The van der Waals surface area contributed by atoms with E-state index in [-0.39, 0.29) is 11.7 Å². The second-order valence-electron chi connectivity index (χ2n) is 7.61. The van der Waals surface area contributed by atoms with E-state index in [1.54, 1.807) is 41.6 Å². The standard InChI is InChI=1S/C24H26N4O5/c1-31-21-14-18(19(15-22(21)32-2)26-23(29)20-4-3-13-33-20)24(30)28-11-9-27(10-12-28)16-17-5-7-25-8-6-17/h3-8,13-15H,9-12,16H2,1-2H3,(H,26,29). The number of ether oxygens (including phenoxy) is 2. The highest BCUT2D eigenvalue weighted by Crippen LogP contribution is 2.34. The molecular formula is C24H26N4O5. The van der Waals surface area contributed by atoms with Crippen molar-refractivity contribution in [3.8, 4) is 11.5 Å². The van der Waals surface area contributed by atoms with E-state index in [2.05, 4.69) is 15.2 Å². The first-order chi connectivity index (χ1) is 16.1. The van der Waals surface area contributed by atoms with Crippen molar-refractivity contribution >= 4 is 17.5 Å². The molecule has 1 saturated heterocycles. The van der Waals surface area contributed by atoms with E-state index >= 15 is 0 Å². The van der Waals surface area contributed by atoms with E-state index in [0.717, 1.165) is 19.6 Å². The number of anilines is 1. The van der Waals surface area contributed by atoms with Crippen LogP contribution in [-0.4, -0.2) is 67.0 Å². The highest BCUT2D eigenvalue weighted by Gasteiger charge is 2.26. The van der Waals surface area contributed by atoms with Crippen LogP contribution < -0.4 is 14.8 Å². The first-order valence-electron chi connectivity index (χ1n) is 10.6. The molecule has 3 aromatic rings. The zero-order valence-corrected chi connectivity index (χ0v) is 18.6. The van der Waals surface area contributed by atoms with Gasteiger partial charge < -0.3 is 24.1 Å². The van der Waals surface area contributed by atoms with Crippen molar-refractivity contribution < 1.29 is 23.5 Å². The average molecular weight is 450 g/mol. The van der Waals surface area contributed by atoms with Crippen LogP contribution in [0, 0.1) is 0 Å². The molecule has 0 saturated carbocycles. The minimum absolute atomic E-state index is 0.146. The summed E-state index contributed by atoms with van der Waals surface area (Å²) in [5.41, 5.74) is 1.85. The molecule has 33 heavy (non-hydrogen) atoms. The van der Waals surface area contributed by atoms with Crippen molar-refractivity contribution in [1.82, 2.24) is 14.8 Å². The molecule has 0 bridgehead atoms. The number of hydrogen-bond acceptors (Lipinski definition) is 7. The largest absolute Gasteiger partial charge is 0.493 e. The monoisotopic (exact) mass is 450 g/mol. The normalized spacial score (nSPS) is 14.1. The van der Waals surface area contributed by atoms with E-state index in [0.29, 0.717) is 35.8 Å². The van der Waals surface area contributed by atoms with Gasteiger partial charge in [-0.25, -0.2) is 0 Å². The Labute approximate surface area is 191 Å². The Morgan fingerprint density at radius 3 is 2.36 bits per heavy atom. The van der Waals surface area contributed by atoms with Crippen molar-refractivity contribution in [1.29, 1.82) is 0 Å². The lowest BCUT2D eigenvalue weighted by Gasteiger charge is -2.35. The maximum absolute atomic E-state index is 13.4. The Bertz CT molecular complexity index is 1090. The number of aromatic nitrogens is 1. The van der Waals surface area contributed by atoms with Crippen molar-refractivity contribution in [2.45, 2.75) is 6.54 Å². The quantitative estimate of drug-likeness (QED) is 0.591.